The monoisotopic (exact) mass is 504 g/mol. The van der Waals surface area contributed by atoms with Crippen molar-refractivity contribution in [3.8, 4) is 0 Å². The molecule has 14 atom stereocenters. The predicted molar refractivity (Wildman–Crippen MR) is 102 cm³/mol. The van der Waals surface area contributed by atoms with E-state index >= 15 is 0 Å². The molecule has 0 bridgehead atoms. The van der Waals surface area contributed by atoms with Crippen molar-refractivity contribution in [2.24, 2.45) is 0 Å². The molecular weight excluding hydrogens is 472 g/mol. The van der Waals surface area contributed by atoms with Crippen molar-refractivity contribution in [3.63, 3.8) is 0 Å². The van der Waals surface area contributed by atoms with Gasteiger partial charge in [0.05, 0.1) is 19.8 Å². The highest BCUT2D eigenvalue weighted by atomic mass is 16.7. The maximum absolute atomic E-state index is 11.4. The van der Waals surface area contributed by atoms with Crippen LogP contribution in [0.1, 0.15) is 0 Å². The van der Waals surface area contributed by atoms with Crippen molar-refractivity contribution >= 4 is 6.29 Å². The zero-order valence-electron chi connectivity index (χ0n) is 17.7. The maximum atomic E-state index is 11.4. The zero-order valence-corrected chi connectivity index (χ0v) is 17.7. The smallest absolute Gasteiger partial charge is 0.187 e. The van der Waals surface area contributed by atoms with E-state index in [1.165, 1.54) is 0 Å². The average Bonchev–Trinajstić information content (AvgIpc) is 2.84. The molecule has 11 N–H and O–H groups in total. The molecule has 0 radical (unpaired) electrons. The number of carbonyl (C=O) groups excluding carboxylic acids is 1. The van der Waals surface area contributed by atoms with Gasteiger partial charge in [0.15, 0.2) is 18.9 Å². The molecule has 16 nitrogen and oxygen atoms in total. The van der Waals surface area contributed by atoms with Crippen molar-refractivity contribution in [1.82, 2.24) is 0 Å². The lowest BCUT2D eigenvalue weighted by Crippen LogP contribution is -2.65. The van der Waals surface area contributed by atoms with E-state index in [1.54, 1.807) is 0 Å². The van der Waals surface area contributed by atoms with Crippen molar-refractivity contribution in [2.45, 2.75) is 85.8 Å². The molecule has 0 aromatic rings. The van der Waals surface area contributed by atoms with Gasteiger partial charge in [-0.25, -0.2) is 0 Å². The fraction of sp³-hybridized carbons (Fsp3) is 0.944. The third kappa shape index (κ3) is 6.25. The Kier molecular flexibility index (Phi) is 11.1. The van der Waals surface area contributed by atoms with E-state index < -0.39 is 106 Å². The fourth-order valence-electron chi connectivity index (χ4n) is 3.54. The average molecular weight is 504 g/mol. The van der Waals surface area contributed by atoms with E-state index in [9.17, 15) is 55.9 Å². The van der Waals surface area contributed by atoms with E-state index in [2.05, 4.69) is 0 Å². The van der Waals surface area contributed by atoms with Gasteiger partial charge in [0, 0.05) is 0 Å². The molecule has 2 heterocycles. The summed E-state index contributed by atoms with van der Waals surface area (Å²) in [5.41, 5.74) is 0. The van der Waals surface area contributed by atoms with Crippen molar-refractivity contribution in [2.75, 3.05) is 19.8 Å². The Labute approximate surface area is 192 Å². The largest absolute Gasteiger partial charge is 0.394 e. The normalized spacial score (nSPS) is 42.6. The van der Waals surface area contributed by atoms with Gasteiger partial charge in [-0.1, -0.05) is 0 Å². The summed E-state index contributed by atoms with van der Waals surface area (Å²) in [6, 6.07) is 0. The molecule has 2 aliphatic heterocycles. The number of hydrogen-bond donors (Lipinski definition) is 11. The topological polar surface area (TPSA) is 277 Å². The summed E-state index contributed by atoms with van der Waals surface area (Å²) in [5.74, 6) is 0. The molecular formula is C18H32O16. The molecule has 0 aliphatic carbocycles. The third-order valence-electron chi connectivity index (χ3n) is 5.65. The fourth-order valence-corrected chi connectivity index (χ4v) is 3.54. The zero-order chi connectivity index (χ0) is 25.7. The molecule has 0 saturated carbocycles. The van der Waals surface area contributed by atoms with E-state index in [-0.39, 0.29) is 6.29 Å². The van der Waals surface area contributed by atoms with E-state index in [0.29, 0.717) is 0 Å². The van der Waals surface area contributed by atoms with Crippen LogP contribution in [0.5, 0.6) is 0 Å². The molecule has 2 saturated heterocycles. The minimum Gasteiger partial charge on any atom is -0.394 e. The summed E-state index contributed by atoms with van der Waals surface area (Å²) < 4.78 is 20.9. The molecule has 200 valence electrons. The summed E-state index contributed by atoms with van der Waals surface area (Å²) in [6.07, 6.45) is -25.4. The van der Waals surface area contributed by atoms with Crippen LogP contribution >= 0.6 is 0 Å². The lowest BCUT2D eigenvalue weighted by atomic mass is 9.96. The maximum Gasteiger partial charge on any atom is 0.187 e. The molecule has 2 fully saturated rings. The summed E-state index contributed by atoms with van der Waals surface area (Å²) in [4.78, 5) is 11.4. The highest BCUT2D eigenvalue weighted by Gasteiger charge is 2.51. The van der Waals surface area contributed by atoms with Gasteiger partial charge in [0.2, 0.25) is 0 Å². The summed E-state index contributed by atoms with van der Waals surface area (Å²) in [5, 5.41) is 108. The van der Waals surface area contributed by atoms with Gasteiger partial charge in [-0.3, -0.25) is 0 Å². The van der Waals surface area contributed by atoms with Crippen LogP contribution in [0.3, 0.4) is 0 Å². The highest BCUT2D eigenvalue weighted by molar-refractivity contribution is 5.57. The van der Waals surface area contributed by atoms with Gasteiger partial charge in [0.25, 0.3) is 0 Å². The van der Waals surface area contributed by atoms with Gasteiger partial charge in [-0.05, 0) is 0 Å². The first kappa shape index (κ1) is 29.3. The molecule has 2 aliphatic rings. The van der Waals surface area contributed by atoms with Crippen LogP contribution in [0, 0.1) is 0 Å². The number of aliphatic hydroxyl groups excluding tert-OH is 11. The number of aliphatic hydroxyl groups is 11. The van der Waals surface area contributed by atoms with Gasteiger partial charge >= 0.3 is 0 Å². The second-order valence-electron chi connectivity index (χ2n) is 7.97. The molecule has 34 heavy (non-hydrogen) atoms. The predicted octanol–water partition coefficient (Wildman–Crippen LogP) is -7.73. The van der Waals surface area contributed by atoms with Gasteiger partial charge in [-0.2, -0.15) is 0 Å². The lowest BCUT2D eigenvalue weighted by molar-refractivity contribution is -0.364. The number of hydrogen-bond acceptors (Lipinski definition) is 16. The molecule has 2 unspecified atom stereocenters. The molecule has 2 rings (SSSR count). The number of aldehydes is 1. The molecule has 0 spiro atoms. The van der Waals surface area contributed by atoms with Crippen LogP contribution in [0.25, 0.3) is 0 Å². The highest BCUT2D eigenvalue weighted by Crippen LogP contribution is 2.30. The van der Waals surface area contributed by atoms with Crippen molar-refractivity contribution in [1.29, 1.82) is 0 Å². The van der Waals surface area contributed by atoms with Crippen LogP contribution in [0.4, 0.5) is 0 Å². The second-order valence-corrected chi connectivity index (χ2v) is 7.97. The van der Waals surface area contributed by atoms with Crippen LogP contribution in [-0.4, -0.2) is 168 Å². The summed E-state index contributed by atoms with van der Waals surface area (Å²) in [7, 11) is 0. The van der Waals surface area contributed by atoms with Crippen LogP contribution in [0.15, 0.2) is 0 Å². The van der Waals surface area contributed by atoms with Gasteiger partial charge < -0.3 is 79.9 Å². The van der Waals surface area contributed by atoms with Crippen LogP contribution in [0.2, 0.25) is 0 Å². The Bertz CT molecular complexity index is 623. The number of carbonyl (C=O) groups is 1. The number of rotatable bonds is 11. The Morgan fingerprint density at radius 3 is 1.82 bits per heavy atom. The van der Waals surface area contributed by atoms with Crippen LogP contribution in [-0.2, 0) is 23.7 Å². The Hall–Kier alpha value is -0.930. The quantitative estimate of drug-likeness (QED) is 0.117. The first-order valence-corrected chi connectivity index (χ1v) is 10.4. The van der Waals surface area contributed by atoms with E-state index in [4.69, 9.17) is 24.1 Å². The van der Waals surface area contributed by atoms with Crippen molar-refractivity contribution < 1.29 is 79.9 Å². The SMILES string of the molecule is O=C[C@H](OC1O[C@H](CO)[C@@H](O)[C@H](OC2O[C@H](CO)[C@@H](O)[C@H](O)[C@H]2O)[C@H]1O)[C@@H](O)[C@H](O)[C@H](O)CO. The van der Waals surface area contributed by atoms with Crippen LogP contribution < -0.4 is 0 Å². The Balaban J connectivity index is 2.19. The summed E-state index contributed by atoms with van der Waals surface area (Å²) in [6.45, 7) is -2.60. The standard InChI is InChI=1S/C18H32O16/c19-1-5(23)9(24)10(25)6(2-20)32-18-15(30)16(12(27)8(4-22)33-18)34-17-14(29)13(28)11(26)7(3-21)31-17/h2,5-19,21-30H,1,3-4H2/t5-,6+,7-,8-,9-,10-,11-,12-,13+,14-,15-,16+,17?,18?/m1/s1. The number of ether oxygens (including phenoxy) is 4. The van der Waals surface area contributed by atoms with E-state index in [1.807, 2.05) is 0 Å². The molecule has 0 amide bonds. The van der Waals surface area contributed by atoms with Gasteiger partial charge in [0.1, 0.15) is 73.2 Å². The second kappa shape index (κ2) is 12.9. The first-order valence-electron chi connectivity index (χ1n) is 10.4. The Morgan fingerprint density at radius 1 is 0.735 bits per heavy atom. The minimum atomic E-state index is -2.10. The van der Waals surface area contributed by atoms with Crippen molar-refractivity contribution in [3.05, 3.63) is 0 Å². The summed E-state index contributed by atoms with van der Waals surface area (Å²) >= 11 is 0. The Morgan fingerprint density at radius 2 is 1.29 bits per heavy atom. The lowest BCUT2D eigenvalue weighted by Gasteiger charge is -2.46. The first-order chi connectivity index (χ1) is 16.0. The minimum absolute atomic E-state index is 0.000499. The van der Waals surface area contributed by atoms with E-state index in [0.717, 1.165) is 0 Å². The van der Waals surface area contributed by atoms with Gasteiger partial charge in [-0.15, -0.1) is 0 Å². The molecule has 0 aromatic heterocycles. The third-order valence-corrected chi connectivity index (χ3v) is 5.65. The molecule has 16 heteroatoms. The molecule has 0 aromatic carbocycles.